The maximum Gasteiger partial charge on any atom is 0.146 e. The van der Waals surface area contributed by atoms with E-state index in [1.165, 1.54) is 65.9 Å². The third-order valence-corrected chi connectivity index (χ3v) is 8.96. The number of hydrogen-bond donors (Lipinski definition) is 0. The molecule has 0 spiro atoms. The lowest BCUT2D eigenvalue weighted by atomic mass is 9.98. The maximum absolute atomic E-state index is 5.12. The van der Waals surface area contributed by atoms with Crippen LogP contribution in [0, 0.1) is 0 Å². The van der Waals surface area contributed by atoms with E-state index in [2.05, 4.69) is 123 Å². The van der Waals surface area contributed by atoms with Crippen LogP contribution in [0.15, 0.2) is 122 Å². The molecule has 1 aliphatic carbocycles. The molecule has 4 nitrogen and oxygen atoms in total. The zero-order valence-corrected chi connectivity index (χ0v) is 22.0. The lowest BCUT2D eigenvalue weighted by Gasteiger charge is -2.11. The highest BCUT2D eigenvalue weighted by Crippen LogP contribution is 2.45. The van der Waals surface area contributed by atoms with Gasteiger partial charge in [0.2, 0.25) is 0 Å². The molecule has 0 N–H and O–H groups in total. The van der Waals surface area contributed by atoms with Gasteiger partial charge in [-0.15, -0.1) is 0 Å². The molecule has 41 heavy (non-hydrogen) atoms. The van der Waals surface area contributed by atoms with Crippen LogP contribution in [0.4, 0.5) is 0 Å². The molecule has 0 aliphatic heterocycles. The topological polar surface area (TPSA) is 35.1 Å². The summed E-state index contributed by atoms with van der Waals surface area (Å²) in [5.41, 5.74) is 13.3. The molecule has 4 heterocycles. The highest BCUT2D eigenvalue weighted by atomic mass is 15.0. The fourth-order valence-corrected chi connectivity index (χ4v) is 7.21. The molecule has 10 rings (SSSR count). The van der Waals surface area contributed by atoms with Gasteiger partial charge in [0.15, 0.2) is 0 Å². The molecule has 0 fully saturated rings. The lowest BCUT2D eigenvalue weighted by Crippen LogP contribution is -1.93. The first-order chi connectivity index (χ1) is 20.3. The van der Waals surface area contributed by atoms with Crippen LogP contribution in [-0.4, -0.2) is 18.9 Å². The van der Waals surface area contributed by atoms with E-state index in [0.29, 0.717) is 0 Å². The Kier molecular flexibility index (Phi) is 3.95. The van der Waals surface area contributed by atoms with E-state index < -0.39 is 0 Å². The molecule has 5 aromatic carbocycles. The fraction of sp³-hybridized carbons (Fsp3) is 0.0270. The standard InChI is InChI=1S/C37H22N4/c1-2-8-24(9-3-1)40-33-12-6-4-10-25(33)30-20-28-23(18-35(30)40)16-22-17-31-29(19-27(22)28)26-14-15-38-21-36(26)41-34-13-7-5-11-32(34)39-37(31)41/h1-15,17-21H,16H2. The van der Waals surface area contributed by atoms with E-state index in [9.17, 15) is 0 Å². The molecule has 190 valence electrons. The molecular weight excluding hydrogens is 500 g/mol. The van der Waals surface area contributed by atoms with Crippen LogP contribution < -0.4 is 0 Å². The monoisotopic (exact) mass is 522 g/mol. The fourth-order valence-electron chi connectivity index (χ4n) is 7.21. The van der Waals surface area contributed by atoms with Crippen molar-refractivity contribution < 1.29 is 0 Å². The van der Waals surface area contributed by atoms with Crippen LogP contribution in [-0.2, 0) is 6.42 Å². The van der Waals surface area contributed by atoms with Crippen LogP contribution in [0.2, 0.25) is 0 Å². The SMILES string of the molecule is c1ccc(-n2c3ccccc3c3cc4c(cc32)Cc2cc3c(cc2-4)c2ccncc2n2c4ccccc4nc32)cc1. The predicted molar refractivity (Wildman–Crippen MR) is 168 cm³/mol. The Morgan fingerprint density at radius 1 is 0.537 bits per heavy atom. The number of pyridine rings is 2. The van der Waals surface area contributed by atoms with Crippen molar-refractivity contribution in [3.63, 3.8) is 0 Å². The minimum atomic E-state index is 0.910. The Labute approximate surface area is 234 Å². The molecule has 0 amide bonds. The van der Waals surface area contributed by atoms with Crippen molar-refractivity contribution in [3.8, 4) is 16.8 Å². The van der Waals surface area contributed by atoms with Gasteiger partial charge in [0.05, 0.1) is 33.8 Å². The molecule has 1 aliphatic rings. The summed E-state index contributed by atoms with van der Waals surface area (Å²) >= 11 is 0. The summed E-state index contributed by atoms with van der Waals surface area (Å²) in [7, 11) is 0. The van der Waals surface area contributed by atoms with Crippen molar-refractivity contribution in [1.82, 2.24) is 18.9 Å². The Morgan fingerprint density at radius 3 is 2.17 bits per heavy atom. The molecule has 4 aromatic heterocycles. The predicted octanol–water partition coefficient (Wildman–Crippen LogP) is 8.86. The molecular formula is C37H22N4. The summed E-state index contributed by atoms with van der Waals surface area (Å²) in [6.07, 6.45) is 4.78. The van der Waals surface area contributed by atoms with E-state index in [1.54, 1.807) is 0 Å². The van der Waals surface area contributed by atoms with Crippen molar-refractivity contribution in [2.75, 3.05) is 0 Å². The summed E-state index contributed by atoms with van der Waals surface area (Å²) in [4.78, 5) is 9.62. The van der Waals surface area contributed by atoms with Crippen molar-refractivity contribution in [2.24, 2.45) is 0 Å². The minimum absolute atomic E-state index is 0.910. The molecule has 0 radical (unpaired) electrons. The number of rotatable bonds is 1. The molecule has 9 aromatic rings. The van der Waals surface area contributed by atoms with Crippen LogP contribution in [0.25, 0.3) is 77.0 Å². The smallest absolute Gasteiger partial charge is 0.146 e. The second-order valence-corrected chi connectivity index (χ2v) is 11.1. The molecule has 4 heteroatoms. The third kappa shape index (κ3) is 2.74. The van der Waals surface area contributed by atoms with Crippen LogP contribution in [0.3, 0.4) is 0 Å². The second-order valence-electron chi connectivity index (χ2n) is 11.1. The zero-order valence-electron chi connectivity index (χ0n) is 22.0. The Bertz CT molecular complexity index is 2550. The van der Waals surface area contributed by atoms with Gasteiger partial charge >= 0.3 is 0 Å². The maximum atomic E-state index is 5.12. The third-order valence-electron chi connectivity index (χ3n) is 8.96. The van der Waals surface area contributed by atoms with E-state index >= 15 is 0 Å². The Morgan fingerprint density at radius 2 is 1.27 bits per heavy atom. The zero-order chi connectivity index (χ0) is 26.7. The van der Waals surface area contributed by atoms with Crippen molar-refractivity contribution in [2.45, 2.75) is 6.42 Å². The van der Waals surface area contributed by atoms with Crippen LogP contribution >= 0.6 is 0 Å². The number of nitrogens with zero attached hydrogens (tertiary/aromatic N) is 4. The second kappa shape index (κ2) is 7.58. The Hall–Kier alpha value is -5.48. The first-order valence-electron chi connectivity index (χ1n) is 14.0. The lowest BCUT2D eigenvalue weighted by molar-refractivity contribution is 1.17. The van der Waals surface area contributed by atoms with Gasteiger partial charge in [-0.3, -0.25) is 9.38 Å². The molecule has 0 bridgehead atoms. The van der Waals surface area contributed by atoms with Gasteiger partial charge in [0, 0.05) is 33.4 Å². The van der Waals surface area contributed by atoms with Gasteiger partial charge in [-0.1, -0.05) is 48.5 Å². The van der Waals surface area contributed by atoms with Crippen molar-refractivity contribution in [1.29, 1.82) is 0 Å². The minimum Gasteiger partial charge on any atom is -0.309 e. The van der Waals surface area contributed by atoms with Gasteiger partial charge < -0.3 is 4.57 Å². The number of benzene rings is 5. The number of aromatic nitrogens is 4. The Balaban J connectivity index is 1.30. The van der Waals surface area contributed by atoms with E-state index in [1.807, 2.05) is 12.4 Å². The average molecular weight is 523 g/mol. The number of imidazole rings is 1. The summed E-state index contributed by atoms with van der Waals surface area (Å²) in [6, 6.07) is 39.6. The summed E-state index contributed by atoms with van der Waals surface area (Å²) in [5.74, 6) is 0. The van der Waals surface area contributed by atoms with Gasteiger partial charge in [-0.25, -0.2) is 4.98 Å². The van der Waals surface area contributed by atoms with Crippen molar-refractivity contribution >= 4 is 60.2 Å². The summed E-state index contributed by atoms with van der Waals surface area (Å²) in [6.45, 7) is 0. The highest BCUT2D eigenvalue weighted by molar-refractivity contribution is 6.16. The van der Waals surface area contributed by atoms with E-state index in [0.717, 1.165) is 28.6 Å². The van der Waals surface area contributed by atoms with Crippen molar-refractivity contribution in [3.05, 3.63) is 133 Å². The van der Waals surface area contributed by atoms with Gasteiger partial charge in [0.25, 0.3) is 0 Å². The summed E-state index contributed by atoms with van der Waals surface area (Å²) < 4.78 is 4.68. The molecule has 0 saturated carbocycles. The van der Waals surface area contributed by atoms with Crippen LogP contribution in [0.5, 0.6) is 0 Å². The molecule has 0 saturated heterocycles. The number of para-hydroxylation sites is 4. The average Bonchev–Trinajstić information content (AvgIpc) is 3.69. The summed E-state index contributed by atoms with van der Waals surface area (Å²) in [5, 5.41) is 6.19. The number of fused-ring (bicyclic) bond motifs is 14. The quantitative estimate of drug-likeness (QED) is 0.202. The van der Waals surface area contributed by atoms with Gasteiger partial charge in [-0.05, 0) is 94.7 Å². The largest absolute Gasteiger partial charge is 0.309 e. The van der Waals surface area contributed by atoms with E-state index in [-0.39, 0.29) is 0 Å². The first-order valence-corrected chi connectivity index (χ1v) is 14.0. The van der Waals surface area contributed by atoms with E-state index in [4.69, 9.17) is 4.98 Å². The van der Waals surface area contributed by atoms with Gasteiger partial charge in [-0.2, -0.15) is 0 Å². The normalized spacial score (nSPS) is 12.8. The van der Waals surface area contributed by atoms with Crippen LogP contribution in [0.1, 0.15) is 11.1 Å². The van der Waals surface area contributed by atoms with Gasteiger partial charge in [0.1, 0.15) is 5.65 Å². The molecule has 0 unspecified atom stereocenters. The number of hydrogen-bond acceptors (Lipinski definition) is 2. The molecule has 0 atom stereocenters. The highest BCUT2D eigenvalue weighted by Gasteiger charge is 2.24. The first kappa shape index (κ1) is 21.4.